The minimum atomic E-state index is -0.0684. The molecular weight excluding hydrogens is 356 g/mol. The molecule has 0 bridgehead atoms. The van der Waals surface area contributed by atoms with Crippen LogP contribution in [0.4, 0.5) is 0 Å². The topological polar surface area (TPSA) is 76.6 Å². The SMILES string of the molecule is COc1cccc(OC)c1C(=O)N1CCC[C@H](c2ncc3c(n2)CCNC3)C1. The number of ether oxygens (including phenoxy) is 2. The van der Waals surface area contributed by atoms with Gasteiger partial charge < -0.3 is 19.7 Å². The number of hydrogen-bond donors (Lipinski definition) is 1. The highest BCUT2D eigenvalue weighted by Crippen LogP contribution is 2.32. The Kier molecular flexibility index (Phi) is 5.43. The fourth-order valence-electron chi connectivity index (χ4n) is 4.04. The Morgan fingerprint density at radius 2 is 2.04 bits per heavy atom. The van der Waals surface area contributed by atoms with E-state index in [1.165, 1.54) is 5.56 Å². The first-order chi connectivity index (χ1) is 13.7. The van der Waals surface area contributed by atoms with Gasteiger partial charge >= 0.3 is 0 Å². The molecule has 4 rings (SSSR count). The van der Waals surface area contributed by atoms with Crippen molar-refractivity contribution in [2.75, 3.05) is 33.9 Å². The highest BCUT2D eigenvalue weighted by molar-refractivity contribution is 5.99. The van der Waals surface area contributed by atoms with Crippen LogP contribution in [0.25, 0.3) is 0 Å². The highest BCUT2D eigenvalue weighted by Gasteiger charge is 2.30. The van der Waals surface area contributed by atoms with Crippen LogP contribution in [0, 0.1) is 0 Å². The van der Waals surface area contributed by atoms with Crippen molar-refractivity contribution in [3.63, 3.8) is 0 Å². The van der Waals surface area contributed by atoms with E-state index < -0.39 is 0 Å². The molecule has 3 heterocycles. The van der Waals surface area contributed by atoms with Crippen LogP contribution in [-0.2, 0) is 13.0 Å². The second-order valence-corrected chi connectivity index (χ2v) is 7.25. The Morgan fingerprint density at radius 1 is 1.25 bits per heavy atom. The summed E-state index contributed by atoms with van der Waals surface area (Å²) < 4.78 is 10.8. The molecule has 28 heavy (non-hydrogen) atoms. The monoisotopic (exact) mass is 382 g/mol. The summed E-state index contributed by atoms with van der Waals surface area (Å²) in [6.45, 7) is 3.10. The number of hydrogen-bond acceptors (Lipinski definition) is 6. The Bertz CT molecular complexity index is 848. The first kappa shape index (κ1) is 18.7. The van der Waals surface area contributed by atoms with Gasteiger partial charge in [-0.3, -0.25) is 4.79 Å². The fraction of sp³-hybridized carbons (Fsp3) is 0.476. The summed E-state index contributed by atoms with van der Waals surface area (Å²) in [4.78, 5) is 24.6. The number of nitrogens with one attached hydrogen (secondary N) is 1. The molecular formula is C21H26N4O3. The van der Waals surface area contributed by atoms with Crippen LogP contribution >= 0.6 is 0 Å². The first-order valence-electron chi connectivity index (χ1n) is 9.77. The smallest absolute Gasteiger partial charge is 0.261 e. The van der Waals surface area contributed by atoms with Gasteiger partial charge in [0, 0.05) is 56.0 Å². The quantitative estimate of drug-likeness (QED) is 0.873. The lowest BCUT2D eigenvalue weighted by molar-refractivity contribution is 0.0697. The molecule has 0 radical (unpaired) electrons. The summed E-state index contributed by atoms with van der Waals surface area (Å²) in [7, 11) is 3.14. The van der Waals surface area contributed by atoms with Crippen molar-refractivity contribution in [1.82, 2.24) is 20.2 Å². The number of piperidine rings is 1. The van der Waals surface area contributed by atoms with Gasteiger partial charge in [-0.25, -0.2) is 9.97 Å². The summed E-state index contributed by atoms with van der Waals surface area (Å²) in [6, 6.07) is 5.40. The zero-order valence-electron chi connectivity index (χ0n) is 16.4. The van der Waals surface area contributed by atoms with E-state index >= 15 is 0 Å². The highest BCUT2D eigenvalue weighted by atomic mass is 16.5. The van der Waals surface area contributed by atoms with Crippen molar-refractivity contribution in [3.8, 4) is 11.5 Å². The van der Waals surface area contributed by atoms with Crippen LogP contribution in [0.15, 0.2) is 24.4 Å². The maximum atomic E-state index is 13.3. The van der Waals surface area contributed by atoms with Gasteiger partial charge in [-0.15, -0.1) is 0 Å². The van der Waals surface area contributed by atoms with Crippen LogP contribution in [0.5, 0.6) is 11.5 Å². The number of amides is 1. The molecule has 1 atom stereocenters. The number of methoxy groups -OCH3 is 2. The Morgan fingerprint density at radius 3 is 2.79 bits per heavy atom. The second-order valence-electron chi connectivity index (χ2n) is 7.25. The van der Waals surface area contributed by atoms with E-state index in [-0.39, 0.29) is 11.8 Å². The van der Waals surface area contributed by atoms with Crippen LogP contribution in [0.3, 0.4) is 0 Å². The average molecular weight is 382 g/mol. The van der Waals surface area contributed by atoms with Crippen molar-refractivity contribution < 1.29 is 14.3 Å². The van der Waals surface area contributed by atoms with Gasteiger partial charge in [0.05, 0.1) is 14.2 Å². The van der Waals surface area contributed by atoms with Gasteiger partial charge in [0.2, 0.25) is 0 Å². The van der Waals surface area contributed by atoms with Gasteiger partial charge in [0.1, 0.15) is 22.9 Å². The Hall–Kier alpha value is -2.67. The van der Waals surface area contributed by atoms with E-state index in [1.54, 1.807) is 26.4 Å². The molecule has 0 aliphatic carbocycles. The zero-order chi connectivity index (χ0) is 19.5. The van der Waals surface area contributed by atoms with E-state index in [9.17, 15) is 4.79 Å². The normalized spacial score (nSPS) is 19.1. The molecule has 0 saturated carbocycles. The molecule has 0 spiro atoms. The molecule has 2 aliphatic heterocycles. The van der Waals surface area contributed by atoms with Gasteiger partial charge in [-0.05, 0) is 25.0 Å². The van der Waals surface area contributed by atoms with Crippen LogP contribution in [-0.4, -0.2) is 54.6 Å². The summed E-state index contributed by atoms with van der Waals surface area (Å²) in [5, 5.41) is 3.35. The molecule has 1 fully saturated rings. The predicted octanol–water partition coefficient (Wildman–Crippen LogP) is 2.16. The van der Waals surface area contributed by atoms with E-state index in [2.05, 4.69) is 10.3 Å². The van der Waals surface area contributed by atoms with Crippen LogP contribution in [0.1, 0.15) is 46.2 Å². The number of nitrogens with zero attached hydrogens (tertiary/aromatic N) is 3. The zero-order valence-corrected chi connectivity index (χ0v) is 16.4. The number of aromatic nitrogens is 2. The minimum absolute atomic E-state index is 0.0684. The predicted molar refractivity (Wildman–Crippen MR) is 105 cm³/mol. The van der Waals surface area contributed by atoms with Gasteiger partial charge in [0.25, 0.3) is 5.91 Å². The molecule has 1 saturated heterocycles. The van der Waals surface area contributed by atoms with Crippen molar-refractivity contribution >= 4 is 5.91 Å². The number of fused-ring (bicyclic) bond motifs is 1. The van der Waals surface area contributed by atoms with Crippen LogP contribution in [0.2, 0.25) is 0 Å². The number of benzene rings is 1. The molecule has 2 aromatic rings. The van der Waals surface area contributed by atoms with E-state index in [1.807, 2.05) is 17.2 Å². The van der Waals surface area contributed by atoms with Gasteiger partial charge in [-0.2, -0.15) is 0 Å². The Labute approximate surface area is 165 Å². The first-order valence-corrected chi connectivity index (χ1v) is 9.77. The summed E-state index contributed by atoms with van der Waals surface area (Å²) in [5.74, 6) is 2.00. The van der Waals surface area contributed by atoms with Crippen molar-refractivity contribution in [1.29, 1.82) is 0 Å². The maximum absolute atomic E-state index is 13.3. The number of likely N-dealkylation sites (tertiary alicyclic amines) is 1. The van der Waals surface area contributed by atoms with Crippen molar-refractivity contribution in [3.05, 3.63) is 47.0 Å². The lowest BCUT2D eigenvalue weighted by Gasteiger charge is -2.33. The van der Waals surface area contributed by atoms with Crippen LogP contribution < -0.4 is 14.8 Å². The molecule has 0 unspecified atom stereocenters. The van der Waals surface area contributed by atoms with Gasteiger partial charge in [-0.1, -0.05) is 6.07 Å². The molecule has 1 aromatic carbocycles. The van der Waals surface area contributed by atoms with Gasteiger partial charge in [0.15, 0.2) is 0 Å². The van der Waals surface area contributed by atoms with E-state index in [4.69, 9.17) is 14.5 Å². The molecule has 1 amide bonds. The number of carbonyl (C=O) groups is 1. The standard InChI is InChI=1S/C21H26N4O3/c1-27-17-6-3-7-18(28-2)19(17)21(26)25-10-4-5-14(13-25)20-23-12-15-11-22-9-8-16(15)24-20/h3,6-7,12,14,22H,4-5,8-11,13H2,1-2H3/t14-/m0/s1. The lowest BCUT2D eigenvalue weighted by atomic mass is 9.95. The molecule has 148 valence electrons. The maximum Gasteiger partial charge on any atom is 0.261 e. The molecule has 7 heteroatoms. The summed E-state index contributed by atoms with van der Waals surface area (Å²) >= 11 is 0. The van der Waals surface area contributed by atoms with Crippen molar-refractivity contribution in [2.24, 2.45) is 0 Å². The third kappa shape index (κ3) is 3.54. The molecule has 1 aromatic heterocycles. The summed E-state index contributed by atoms with van der Waals surface area (Å²) in [6.07, 6.45) is 4.78. The Balaban J connectivity index is 1.57. The van der Waals surface area contributed by atoms with Crippen molar-refractivity contribution in [2.45, 2.75) is 31.7 Å². The number of carbonyl (C=O) groups excluding carboxylic acids is 1. The summed E-state index contributed by atoms with van der Waals surface area (Å²) in [5.41, 5.74) is 2.79. The largest absolute Gasteiger partial charge is 0.496 e. The molecule has 7 nitrogen and oxygen atoms in total. The lowest BCUT2D eigenvalue weighted by Crippen LogP contribution is -2.40. The third-order valence-corrected chi connectivity index (χ3v) is 5.54. The molecule has 1 N–H and O–H groups in total. The fourth-order valence-corrected chi connectivity index (χ4v) is 4.04. The average Bonchev–Trinajstić information content (AvgIpc) is 2.77. The third-order valence-electron chi connectivity index (χ3n) is 5.54. The molecule has 2 aliphatic rings. The van der Waals surface area contributed by atoms with E-state index in [0.29, 0.717) is 30.2 Å². The number of rotatable bonds is 4. The second kappa shape index (κ2) is 8.14. The minimum Gasteiger partial charge on any atom is -0.496 e. The van der Waals surface area contributed by atoms with E-state index in [0.717, 1.165) is 43.9 Å².